The molecule has 2 aromatic rings. The number of rotatable bonds is 7. The number of ether oxygens (including phenoxy) is 1. The summed E-state index contributed by atoms with van der Waals surface area (Å²) in [6, 6.07) is 11.0. The Morgan fingerprint density at radius 2 is 1.97 bits per heavy atom. The average Bonchev–Trinajstić information content (AvgIpc) is 3.33. The number of amides is 1. The molecule has 0 aliphatic carbocycles. The highest BCUT2D eigenvalue weighted by Crippen LogP contribution is 2.33. The van der Waals surface area contributed by atoms with Crippen molar-refractivity contribution >= 4 is 11.6 Å². The molecule has 1 amide bonds. The molecule has 3 heterocycles. The van der Waals surface area contributed by atoms with Gasteiger partial charge in [0.25, 0.3) is 5.91 Å². The zero-order valence-electron chi connectivity index (χ0n) is 18.3. The van der Waals surface area contributed by atoms with E-state index in [0.717, 1.165) is 38.5 Å². The van der Waals surface area contributed by atoms with Crippen LogP contribution in [0.5, 0.6) is 0 Å². The number of nitrogens with zero attached hydrogens (tertiary/aromatic N) is 2. The van der Waals surface area contributed by atoms with Crippen LogP contribution >= 0.6 is 0 Å². The summed E-state index contributed by atoms with van der Waals surface area (Å²) < 4.78 is 11.2. The predicted molar refractivity (Wildman–Crippen MR) is 118 cm³/mol. The molecule has 6 heteroatoms. The number of furan rings is 1. The molecule has 2 aliphatic heterocycles. The van der Waals surface area contributed by atoms with Crippen LogP contribution in [-0.2, 0) is 17.7 Å². The fourth-order valence-electron chi connectivity index (χ4n) is 4.68. The second-order valence-corrected chi connectivity index (χ2v) is 8.74. The average molecular weight is 412 g/mol. The van der Waals surface area contributed by atoms with E-state index in [1.165, 1.54) is 11.3 Å². The third-order valence-corrected chi connectivity index (χ3v) is 6.41. The van der Waals surface area contributed by atoms with Crippen molar-refractivity contribution in [2.75, 3.05) is 37.7 Å². The van der Waals surface area contributed by atoms with Crippen molar-refractivity contribution in [1.82, 2.24) is 10.2 Å². The van der Waals surface area contributed by atoms with Gasteiger partial charge in [-0.25, -0.2) is 0 Å². The number of carbonyl (C=O) groups excluding carboxylic acids is 1. The molecular weight excluding hydrogens is 378 g/mol. The second-order valence-electron chi connectivity index (χ2n) is 8.74. The third-order valence-electron chi connectivity index (χ3n) is 6.41. The van der Waals surface area contributed by atoms with E-state index in [9.17, 15) is 4.79 Å². The first kappa shape index (κ1) is 20.9. The van der Waals surface area contributed by atoms with Gasteiger partial charge >= 0.3 is 0 Å². The maximum atomic E-state index is 13.0. The zero-order chi connectivity index (χ0) is 21.1. The lowest BCUT2D eigenvalue weighted by Crippen LogP contribution is -2.51. The van der Waals surface area contributed by atoms with Crippen molar-refractivity contribution in [1.29, 1.82) is 0 Å². The van der Waals surface area contributed by atoms with E-state index < -0.39 is 0 Å². The van der Waals surface area contributed by atoms with Crippen molar-refractivity contribution < 1.29 is 13.9 Å². The molecule has 1 N–H and O–H groups in total. The number of hydrogen-bond donors (Lipinski definition) is 1. The van der Waals surface area contributed by atoms with Crippen LogP contribution in [0.1, 0.15) is 42.5 Å². The van der Waals surface area contributed by atoms with Crippen LogP contribution < -0.4 is 10.2 Å². The number of benzene rings is 1. The van der Waals surface area contributed by atoms with E-state index >= 15 is 0 Å². The van der Waals surface area contributed by atoms with Crippen molar-refractivity contribution in [3.05, 3.63) is 53.5 Å². The molecule has 1 saturated heterocycles. The standard InChI is InChI=1S/C24H33N3O3/c1-17(2)22(26-9-12-29-13-10-26)15-25-24(28)20-8-11-30-23(20)16-27-18(3)14-19-6-4-5-7-21(19)27/h4-8,11,17-18,22H,9-10,12-16H2,1-3H3,(H,25,28)/t18-,22-/m1/s1. The summed E-state index contributed by atoms with van der Waals surface area (Å²) in [5.74, 6) is 1.12. The number of carbonyl (C=O) groups is 1. The number of nitrogens with one attached hydrogen (secondary N) is 1. The molecule has 1 fully saturated rings. The summed E-state index contributed by atoms with van der Waals surface area (Å²) in [7, 11) is 0. The third kappa shape index (κ3) is 4.40. The molecule has 4 rings (SSSR count). The van der Waals surface area contributed by atoms with Crippen LogP contribution in [0.2, 0.25) is 0 Å². The topological polar surface area (TPSA) is 58.0 Å². The second kappa shape index (κ2) is 9.23. The highest BCUT2D eigenvalue weighted by molar-refractivity contribution is 5.95. The SMILES string of the molecule is CC(C)[C@@H](CNC(=O)c1ccoc1CN1c2ccccc2C[C@H]1C)N1CCOCC1. The Hall–Kier alpha value is -2.31. The normalized spacial score (nSPS) is 20.4. The summed E-state index contributed by atoms with van der Waals surface area (Å²) in [6.07, 6.45) is 2.65. The zero-order valence-corrected chi connectivity index (χ0v) is 18.3. The summed E-state index contributed by atoms with van der Waals surface area (Å²) in [5.41, 5.74) is 3.23. The molecule has 0 saturated carbocycles. The van der Waals surface area contributed by atoms with Gasteiger partial charge in [-0.1, -0.05) is 32.0 Å². The van der Waals surface area contributed by atoms with E-state index in [-0.39, 0.29) is 5.91 Å². The van der Waals surface area contributed by atoms with Gasteiger partial charge in [-0.3, -0.25) is 9.69 Å². The minimum absolute atomic E-state index is 0.0576. The van der Waals surface area contributed by atoms with Crippen LogP contribution in [0.25, 0.3) is 0 Å². The molecule has 1 aromatic carbocycles. The molecular formula is C24H33N3O3. The van der Waals surface area contributed by atoms with E-state index in [1.807, 2.05) is 0 Å². The van der Waals surface area contributed by atoms with E-state index in [2.05, 4.69) is 60.2 Å². The van der Waals surface area contributed by atoms with E-state index in [1.54, 1.807) is 12.3 Å². The highest BCUT2D eigenvalue weighted by Gasteiger charge is 2.29. The van der Waals surface area contributed by atoms with Gasteiger partial charge in [0.1, 0.15) is 5.76 Å². The van der Waals surface area contributed by atoms with Crippen molar-refractivity contribution in [3.8, 4) is 0 Å². The Labute approximate surface area is 179 Å². The fraction of sp³-hybridized carbons (Fsp3) is 0.542. The number of para-hydroxylation sites is 1. The molecule has 0 unspecified atom stereocenters. The van der Waals surface area contributed by atoms with Crippen molar-refractivity contribution in [3.63, 3.8) is 0 Å². The Bertz CT molecular complexity index is 857. The summed E-state index contributed by atoms with van der Waals surface area (Å²) in [5, 5.41) is 3.16. The smallest absolute Gasteiger partial charge is 0.254 e. The molecule has 30 heavy (non-hydrogen) atoms. The summed E-state index contributed by atoms with van der Waals surface area (Å²) in [6.45, 7) is 11.2. The van der Waals surface area contributed by atoms with Crippen molar-refractivity contribution in [2.24, 2.45) is 5.92 Å². The molecule has 0 radical (unpaired) electrons. The van der Waals surface area contributed by atoms with Crippen LogP contribution in [-0.4, -0.2) is 55.7 Å². The lowest BCUT2D eigenvalue weighted by molar-refractivity contribution is 0.00672. The number of anilines is 1. The van der Waals surface area contributed by atoms with Gasteiger partial charge in [-0.15, -0.1) is 0 Å². The molecule has 6 nitrogen and oxygen atoms in total. The molecule has 1 aromatic heterocycles. The number of fused-ring (bicyclic) bond motifs is 1. The van der Waals surface area contributed by atoms with Gasteiger partial charge in [0, 0.05) is 37.4 Å². The first-order chi connectivity index (χ1) is 14.5. The predicted octanol–water partition coefficient (Wildman–Crippen LogP) is 3.32. The molecule has 2 aliphatic rings. The maximum absolute atomic E-state index is 13.0. The number of morpholine rings is 1. The maximum Gasteiger partial charge on any atom is 0.254 e. The van der Waals surface area contributed by atoms with Gasteiger partial charge in [0.15, 0.2) is 0 Å². The molecule has 2 atom stereocenters. The Kier molecular flexibility index (Phi) is 6.44. The monoisotopic (exact) mass is 411 g/mol. The van der Waals surface area contributed by atoms with Gasteiger partial charge in [0.05, 0.1) is 31.6 Å². The van der Waals surface area contributed by atoms with Gasteiger partial charge in [-0.05, 0) is 37.0 Å². The molecule has 0 bridgehead atoms. The van der Waals surface area contributed by atoms with Crippen LogP contribution in [0.15, 0.2) is 41.0 Å². The minimum Gasteiger partial charge on any atom is -0.467 e. The highest BCUT2D eigenvalue weighted by atomic mass is 16.5. The van der Waals surface area contributed by atoms with Crippen LogP contribution in [0, 0.1) is 5.92 Å². The van der Waals surface area contributed by atoms with Crippen LogP contribution in [0.4, 0.5) is 5.69 Å². The molecule has 0 spiro atoms. The lowest BCUT2D eigenvalue weighted by Gasteiger charge is -2.36. The van der Waals surface area contributed by atoms with Crippen molar-refractivity contribution in [2.45, 2.75) is 45.8 Å². The summed E-state index contributed by atoms with van der Waals surface area (Å²) >= 11 is 0. The molecule has 162 valence electrons. The van der Waals surface area contributed by atoms with Crippen LogP contribution in [0.3, 0.4) is 0 Å². The van der Waals surface area contributed by atoms with E-state index in [4.69, 9.17) is 9.15 Å². The van der Waals surface area contributed by atoms with Gasteiger partial charge in [0.2, 0.25) is 0 Å². The number of hydrogen-bond acceptors (Lipinski definition) is 5. The Morgan fingerprint density at radius 3 is 2.73 bits per heavy atom. The minimum atomic E-state index is -0.0576. The Morgan fingerprint density at radius 1 is 1.20 bits per heavy atom. The fourth-order valence-corrected chi connectivity index (χ4v) is 4.68. The first-order valence-corrected chi connectivity index (χ1v) is 11.1. The Balaban J connectivity index is 1.42. The van der Waals surface area contributed by atoms with Gasteiger partial charge < -0.3 is 19.4 Å². The summed E-state index contributed by atoms with van der Waals surface area (Å²) in [4.78, 5) is 17.8. The van der Waals surface area contributed by atoms with Gasteiger partial charge in [-0.2, -0.15) is 0 Å². The largest absolute Gasteiger partial charge is 0.467 e. The quantitative estimate of drug-likeness (QED) is 0.758. The first-order valence-electron chi connectivity index (χ1n) is 11.1. The van der Waals surface area contributed by atoms with E-state index in [0.29, 0.717) is 36.7 Å². The lowest BCUT2D eigenvalue weighted by atomic mass is 10.0.